The van der Waals surface area contributed by atoms with Gasteiger partial charge in [-0.15, -0.1) is 0 Å². The van der Waals surface area contributed by atoms with Crippen molar-refractivity contribution in [2.45, 2.75) is 6.04 Å². The second-order valence-electron chi connectivity index (χ2n) is 3.13. The number of nitrogens with zero attached hydrogens (tertiary/aromatic N) is 1. The van der Waals surface area contributed by atoms with Crippen LogP contribution in [0.25, 0.3) is 0 Å². The average Bonchev–Trinajstić information content (AvgIpc) is 2.27. The van der Waals surface area contributed by atoms with Crippen LogP contribution in [0.3, 0.4) is 0 Å². The zero-order chi connectivity index (χ0) is 12.1. The molecule has 7 heteroatoms. The number of rotatable bonds is 5. The van der Waals surface area contributed by atoms with Gasteiger partial charge >= 0.3 is 0 Å². The zero-order valence-corrected chi connectivity index (χ0v) is 9.85. The van der Waals surface area contributed by atoms with Gasteiger partial charge in [-0.05, 0) is 22.0 Å². The average molecular weight is 291 g/mol. The highest BCUT2D eigenvalue weighted by molar-refractivity contribution is 9.10. The summed E-state index contributed by atoms with van der Waals surface area (Å²) in [6.07, 6.45) is 0. The molecule has 1 aromatic rings. The van der Waals surface area contributed by atoms with Crippen molar-refractivity contribution >= 4 is 27.3 Å². The smallest absolute Gasteiger partial charge is 0.270 e. The summed E-state index contributed by atoms with van der Waals surface area (Å²) in [5.41, 5.74) is 0.556. The third kappa shape index (κ3) is 3.16. The number of benzene rings is 1. The van der Waals surface area contributed by atoms with Crippen LogP contribution in [0.15, 0.2) is 22.7 Å². The standard InChI is InChI=1S/C9H11BrN2O4/c10-8-3-7(12(15)16)1-2-9(8)11-6(4-13)5-14/h1-3,6,11,13-14H,4-5H2. The predicted octanol–water partition coefficient (Wildman–Crippen LogP) is 1.12. The zero-order valence-electron chi connectivity index (χ0n) is 8.26. The Morgan fingerprint density at radius 3 is 2.50 bits per heavy atom. The summed E-state index contributed by atoms with van der Waals surface area (Å²) >= 11 is 3.17. The third-order valence-corrected chi connectivity index (χ3v) is 2.62. The Morgan fingerprint density at radius 2 is 2.06 bits per heavy atom. The van der Waals surface area contributed by atoms with Crippen molar-refractivity contribution in [1.82, 2.24) is 0 Å². The molecule has 0 aliphatic heterocycles. The molecule has 0 aliphatic rings. The lowest BCUT2D eigenvalue weighted by Gasteiger charge is -2.15. The van der Waals surface area contributed by atoms with Crippen LogP contribution in [0, 0.1) is 10.1 Å². The number of hydrogen-bond acceptors (Lipinski definition) is 5. The van der Waals surface area contributed by atoms with Crippen molar-refractivity contribution in [1.29, 1.82) is 0 Å². The minimum atomic E-state index is -0.496. The first-order valence-corrected chi connectivity index (χ1v) is 5.30. The lowest BCUT2D eigenvalue weighted by atomic mass is 10.2. The molecule has 0 fully saturated rings. The van der Waals surface area contributed by atoms with Gasteiger partial charge in [0.05, 0.1) is 24.2 Å². The van der Waals surface area contributed by atoms with E-state index in [-0.39, 0.29) is 18.9 Å². The Hall–Kier alpha value is -1.18. The highest BCUT2D eigenvalue weighted by Gasteiger charge is 2.11. The van der Waals surface area contributed by atoms with Crippen LogP contribution >= 0.6 is 15.9 Å². The third-order valence-electron chi connectivity index (χ3n) is 1.96. The molecule has 0 bridgehead atoms. The highest BCUT2D eigenvalue weighted by atomic mass is 79.9. The van der Waals surface area contributed by atoms with Gasteiger partial charge in [0.2, 0.25) is 0 Å². The molecule has 3 N–H and O–H groups in total. The minimum absolute atomic E-state index is 0.0260. The number of nitrogens with one attached hydrogen (secondary N) is 1. The van der Waals surface area contributed by atoms with Crippen molar-refractivity contribution < 1.29 is 15.1 Å². The fraction of sp³-hybridized carbons (Fsp3) is 0.333. The molecule has 0 spiro atoms. The number of non-ortho nitro benzene ring substituents is 1. The van der Waals surface area contributed by atoms with Crippen molar-refractivity contribution in [3.05, 3.63) is 32.8 Å². The fourth-order valence-corrected chi connectivity index (χ4v) is 1.58. The van der Waals surface area contributed by atoms with Gasteiger partial charge in [0, 0.05) is 22.3 Å². The number of hydrogen-bond donors (Lipinski definition) is 3. The van der Waals surface area contributed by atoms with Gasteiger partial charge in [-0.2, -0.15) is 0 Å². The second kappa shape index (κ2) is 5.78. The van der Waals surface area contributed by atoms with Gasteiger partial charge in [-0.1, -0.05) is 0 Å². The monoisotopic (exact) mass is 290 g/mol. The van der Waals surface area contributed by atoms with E-state index < -0.39 is 11.0 Å². The van der Waals surface area contributed by atoms with E-state index in [2.05, 4.69) is 21.2 Å². The largest absolute Gasteiger partial charge is 0.394 e. The van der Waals surface area contributed by atoms with Gasteiger partial charge in [0.15, 0.2) is 0 Å². The molecule has 0 atom stereocenters. The lowest BCUT2D eigenvalue weighted by molar-refractivity contribution is -0.384. The Labute approximate surface area is 100 Å². The number of aliphatic hydroxyl groups excluding tert-OH is 2. The molecule has 0 radical (unpaired) electrons. The maximum atomic E-state index is 10.5. The molecule has 0 heterocycles. The summed E-state index contributed by atoms with van der Waals surface area (Å²) in [6.45, 7) is -0.445. The predicted molar refractivity (Wildman–Crippen MR) is 62.4 cm³/mol. The topological polar surface area (TPSA) is 95.6 Å². The molecule has 6 nitrogen and oxygen atoms in total. The SMILES string of the molecule is O=[N+]([O-])c1ccc(NC(CO)CO)c(Br)c1. The Balaban J connectivity index is 2.86. The second-order valence-corrected chi connectivity index (χ2v) is 3.98. The fourth-order valence-electron chi connectivity index (χ4n) is 1.10. The Bertz CT molecular complexity index is 382. The Kier molecular flexibility index (Phi) is 4.66. The van der Waals surface area contributed by atoms with E-state index in [0.29, 0.717) is 10.2 Å². The molecule has 0 amide bonds. The first-order valence-electron chi connectivity index (χ1n) is 4.50. The molecule has 1 rings (SSSR count). The van der Waals surface area contributed by atoms with Crippen molar-refractivity contribution in [2.75, 3.05) is 18.5 Å². The van der Waals surface area contributed by atoms with Crippen LogP contribution in [-0.2, 0) is 0 Å². The van der Waals surface area contributed by atoms with Crippen molar-refractivity contribution in [3.8, 4) is 0 Å². The maximum absolute atomic E-state index is 10.5. The molecule has 0 unspecified atom stereocenters. The minimum Gasteiger partial charge on any atom is -0.394 e. The first kappa shape index (κ1) is 12.9. The van der Waals surface area contributed by atoms with Crippen LogP contribution in [0.1, 0.15) is 0 Å². The molecular weight excluding hydrogens is 280 g/mol. The van der Waals surface area contributed by atoms with Crippen molar-refractivity contribution in [2.24, 2.45) is 0 Å². The summed E-state index contributed by atoms with van der Waals surface area (Å²) in [5.74, 6) is 0. The van der Waals surface area contributed by atoms with Crippen LogP contribution in [0.4, 0.5) is 11.4 Å². The molecule has 88 valence electrons. The van der Waals surface area contributed by atoms with Crippen LogP contribution in [0.5, 0.6) is 0 Å². The molecule has 0 saturated heterocycles. The molecule has 1 aromatic carbocycles. The molecule has 0 aromatic heterocycles. The van der Waals surface area contributed by atoms with Crippen molar-refractivity contribution in [3.63, 3.8) is 0 Å². The first-order chi connectivity index (χ1) is 7.58. The Morgan fingerprint density at radius 1 is 1.44 bits per heavy atom. The molecule has 0 aliphatic carbocycles. The van der Waals surface area contributed by atoms with E-state index in [0.717, 1.165) is 0 Å². The van der Waals surface area contributed by atoms with E-state index in [9.17, 15) is 10.1 Å². The maximum Gasteiger partial charge on any atom is 0.270 e. The van der Waals surface area contributed by atoms with Crippen LogP contribution in [-0.4, -0.2) is 34.4 Å². The van der Waals surface area contributed by atoms with Crippen LogP contribution in [0.2, 0.25) is 0 Å². The normalized spacial score (nSPS) is 10.5. The van der Waals surface area contributed by atoms with Gasteiger partial charge in [-0.25, -0.2) is 0 Å². The van der Waals surface area contributed by atoms with E-state index in [4.69, 9.17) is 10.2 Å². The summed E-state index contributed by atoms with van der Waals surface area (Å²) in [6, 6.07) is 3.73. The molecular formula is C9H11BrN2O4. The highest BCUT2D eigenvalue weighted by Crippen LogP contribution is 2.27. The van der Waals surface area contributed by atoms with E-state index in [1.807, 2.05) is 0 Å². The van der Waals surface area contributed by atoms with Gasteiger partial charge in [0.25, 0.3) is 5.69 Å². The van der Waals surface area contributed by atoms with Gasteiger partial charge in [-0.3, -0.25) is 10.1 Å². The van der Waals surface area contributed by atoms with Crippen LogP contribution < -0.4 is 5.32 Å². The summed E-state index contributed by atoms with van der Waals surface area (Å²) < 4.78 is 0.508. The summed E-state index contributed by atoms with van der Waals surface area (Å²) in [5, 5.41) is 31.1. The van der Waals surface area contributed by atoms with Gasteiger partial charge < -0.3 is 15.5 Å². The molecule has 16 heavy (non-hydrogen) atoms. The van der Waals surface area contributed by atoms with E-state index in [1.165, 1.54) is 18.2 Å². The summed E-state index contributed by atoms with van der Waals surface area (Å²) in [4.78, 5) is 9.99. The quantitative estimate of drug-likeness (QED) is 0.558. The lowest BCUT2D eigenvalue weighted by Crippen LogP contribution is -2.27. The molecule has 0 saturated carbocycles. The van der Waals surface area contributed by atoms with E-state index in [1.54, 1.807) is 0 Å². The number of anilines is 1. The summed E-state index contributed by atoms with van der Waals surface area (Å²) in [7, 11) is 0. The number of nitro groups is 1. The van der Waals surface area contributed by atoms with E-state index >= 15 is 0 Å². The number of aliphatic hydroxyl groups is 2. The number of nitro benzene ring substituents is 1. The van der Waals surface area contributed by atoms with Gasteiger partial charge in [0.1, 0.15) is 0 Å². The number of halogens is 1.